The minimum absolute atomic E-state index is 0.0658. The van der Waals surface area contributed by atoms with Crippen molar-refractivity contribution in [2.45, 2.75) is 63.1 Å². The second kappa shape index (κ2) is 10.6. The van der Waals surface area contributed by atoms with Crippen LogP contribution in [0.5, 0.6) is 0 Å². The SMILES string of the molecule is Cc1cc(F)ccc1[C@H]1C[C@]2(CCOCN2)CCN1C(=O)N(C)[C@H](C)c1cc(C(F)(F)F)cc(C(F)(F)F)c1. The summed E-state index contributed by atoms with van der Waals surface area (Å²) >= 11 is 0. The van der Waals surface area contributed by atoms with Gasteiger partial charge in [0, 0.05) is 19.1 Å². The number of nitrogens with one attached hydrogen (secondary N) is 1. The number of urea groups is 1. The average molecular weight is 562 g/mol. The molecule has 0 radical (unpaired) electrons. The van der Waals surface area contributed by atoms with Crippen LogP contribution in [-0.4, -0.2) is 48.3 Å². The van der Waals surface area contributed by atoms with Gasteiger partial charge in [-0.05, 0) is 80.1 Å². The number of likely N-dealkylation sites (tertiary alicyclic amines) is 1. The van der Waals surface area contributed by atoms with Crippen molar-refractivity contribution in [1.29, 1.82) is 0 Å². The van der Waals surface area contributed by atoms with Gasteiger partial charge in [-0.3, -0.25) is 5.32 Å². The van der Waals surface area contributed by atoms with Gasteiger partial charge in [0.05, 0.1) is 36.5 Å². The summed E-state index contributed by atoms with van der Waals surface area (Å²) in [4.78, 5) is 16.5. The number of ether oxygens (including phenoxy) is 1. The number of aryl methyl sites for hydroxylation is 1. The number of halogens is 7. The van der Waals surface area contributed by atoms with Crippen molar-refractivity contribution in [2.24, 2.45) is 0 Å². The molecule has 39 heavy (non-hydrogen) atoms. The second-order valence-electron chi connectivity index (χ2n) is 10.3. The fourth-order valence-corrected chi connectivity index (χ4v) is 5.42. The largest absolute Gasteiger partial charge is 0.416 e. The van der Waals surface area contributed by atoms with Crippen LogP contribution in [0.1, 0.15) is 66.1 Å². The lowest BCUT2D eigenvalue weighted by molar-refractivity contribution is -0.143. The summed E-state index contributed by atoms with van der Waals surface area (Å²) in [6.45, 7) is 4.27. The molecular weight excluding hydrogens is 531 g/mol. The molecule has 2 fully saturated rings. The number of rotatable bonds is 3. The van der Waals surface area contributed by atoms with Gasteiger partial charge in [-0.25, -0.2) is 9.18 Å². The van der Waals surface area contributed by atoms with Gasteiger partial charge in [-0.15, -0.1) is 0 Å². The van der Waals surface area contributed by atoms with Crippen molar-refractivity contribution >= 4 is 6.03 Å². The van der Waals surface area contributed by atoms with Crippen molar-refractivity contribution in [3.8, 4) is 0 Å². The zero-order valence-corrected chi connectivity index (χ0v) is 21.7. The number of benzene rings is 2. The normalized spacial score (nSPS) is 23.1. The first-order valence-electron chi connectivity index (χ1n) is 12.5. The lowest BCUT2D eigenvalue weighted by Crippen LogP contribution is -2.59. The Labute approximate surface area is 221 Å². The van der Waals surface area contributed by atoms with Crippen molar-refractivity contribution in [2.75, 3.05) is 26.9 Å². The number of hydrogen-bond acceptors (Lipinski definition) is 3. The molecule has 0 unspecified atom stereocenters. The summed E-state index contributed by atoms with van der Waals surface area (Å²) in [5.41, 5.74) is -2.15. The molecule has 0 aromatic heterocycles. The molecule has 5 nitrogen and oxygen atoms in total. The van der Waals surface area contributed by atoms with E-state index in [2.05, 4.69) is 5.32 Å². The molecule has 12 heteroatoms. The van der Waals surface area contributed by atoms with Gasteiger partial charge in [-0.1, -0.05) is 6.07 Å². The van der Waals surface area contributed by atoms with E-state index in [4.69, 9.17) is 4.74 Å². The molecule has 1 N–H and O–H groups in total. The van der Waals surface area contributed by atoms with Crippen LogP contribution in [0, 0.1) is 12.7 Å². The number of carbonyl (C=O) groups excluding carboxylic acids is 1. The van der Waals surface area contributed by atoms with Gasteiger partial charge in [0.1, 0.15) is 5.82 Å². The summed E-state index contributed by atoms with van der Waals surface area (Å²) in [5, 5.41) is 3.38. The molecule has 0 bridgehead atoms. The molecule has 4 rings (SSSR count). The zero-order chi connectivity index (χ0) is 28.8. The van der Waals surface area contributed by atoms with Gasteiger partial charge in [0.2, 0.25) is 0 Å². The highest BCUT2D eigenvalue weighted by Crippen LogP contribution is 2.42. The van der Waals surface area contributed by atoms with E-state index in [0.29, 0.717) is 50.3 Å². The zero-order valence-electron chi connectivity index (χ0n) is 21.7. The third kappa shape index (κ3) is 6.16. The Bertz CT molecular complexity index is 1180. The molecule has 2 aliphatic heterocycles. The van der Waals surface area contributed by atoms with E-state index in [1.807, 2.05) is 0 Å². The Morgan fingerprint density at radius 2 is 1.72 bits per heavy atom. The molecule has 2 saturated heterocycles. The fraction of sp³-hybridized carbons (Fsp3) is 0.519. The highest BCUT2D eigenvalue weighted by atomic mass is 19.4. The van der Waals surface area contributed by atoms with Gasteiger partial charge in [0.25, 0.3) is 0 Å². The van der Waals surface area contributed by atoms with Crippen molar-refractivity contribution in [3.63, 3.8) is 0 Å². The molecule has 3 atom stereocenters. The van der Waals surface area contributed by atoms with Gasteiger partial charge < -0.3 is 14.5 Å². The van der Waals surface area contributed by atoms with Crippen LogP contribution in [0.15, 0.2) is 36.4 Å². The molecule has 1 spiro atoms. The van der Waals surface area contributed by atoms with Gasteiger partial charge in [-0.2, -0.15) is 26.3 Å². The van der Waals surface area contributed by atoms with Crippen LogP contribution < -0.4 is 5.32 Å². The minimum Gasteiger partial charge on any atom is -0.366 e. The molecule has 2 aromatic rings. The van der Waals surface area contributed by atoms with E-state index in [1.54, 1.807) is 17.9 Å². The Morgan fingerprint density at radius 1 is 1.08 bits per heavy atom. The Hall–Kier alpha value is -2.86. The summed E-state index contributed by atoms with van der Waals surface area (Å²) in [6, 6.07) is 3.47. The van der Waals surface area contributed by atoms with Crippen LogP contribution in [0.2, 0.25) is 0 Å². The van der Waals surface area contributed by atoms with E-state index in [-0.39, 0.29) is 23.7 Å². The topological polar surface area (TPSA) is 44.8 Å². The summed E-state index contributed by atoms with van der Waals surface area (Å²) < 4.78 is 99.9. The maximum atomic E-state index is 13.9. The van der Waals surface area contributed by atoms with E-state index >= 15 is 0 Å². The number of piperidine rings is 1. The smallest absolute Gasteiger partial charge is 0.366 e. The minimum atomic E-state index is -5.00. The highest BCUT2D eigenvalue weighted by molar-refractivity contribution is 5.75. The average Bonchev–Trinajstić information content (AvgIpc) is 2.86. The Kier molecular flexibility index (Phi) is 7.92. The van der Waals surface area contributed by atoms with E-state index in [1.165, 1.54) is 26.1 Å². The Morgan fingerprint density at radius 3 is 2.26 bits per heavy atom. The number of nitrogens with zero attached hydrogens (tertiary/aromatic N) is 2. The predicted molar refractivity (Wildman–Crippen MR) is 129 cm³/mol. The van der Waals surface area contributed by atoms with Gasteiger partial charge in [0.15, 0.2) is 0 Å². The maximum absolute atomic E-state index is 13.9. The van der Waals surface area contributed by atoms with Crippen molar-refractivity contribution < 1.29 is 40.3 Å². The van der Waals surface area contributed by atoms with E-state index in [0.717, 1.165) is 10.5 Å². The molecule has 2 heterocycles. The maximum Gasteiger partial charge on any atom is 0.416 e. The van der Waals surface area contributed by atoms with Crippen LogP contribution in [0.4, 0.5) is 35.5 Å². The molecule has 2 aromatic carbocycles. The number of amides is 2. The molecule has 0 aliphatic carbocycles. The molecule has 0 saturated carbocycles. The van der Waals surface area contributed by atoms with Gasteiger partial charge >= 0.3 is 18.4 Å². The van der Waals surface area contributed by atoms with E-state index < -0.39 is 47.4 Å². The second-order valence-corrected chi connectivity index (χ2v) is 10.3. The standard InChI is InChI=1S/C27H30F7N3O2/c1-16-10-21(28)4-5-22(16)23-14-25(7-9-39-15-35-25)6-8-37(23)24(38)36(3)17(2)18-11-19(26(29,30)31)13-20(12-18)27(32,33)34/h4-5,10-13,17,23,35H,6-9,14-15H2,1-3H3/t17-,23-,25-/m1/s1. The molecule has 214 valence electrons. The first kappa shape index (κ1) is 29.1. The summed E-state index contributed by atoms with van der Waals surface area (Å²) in [5.74, 6) is -0.431. The number of hydrogen-bond donors (Lipinski definition) is 1. The third-order valence-electron chi connectivity index (χ3n) is 7.88. The lowest BCUT2D eigenvalue weighted by atomic mass is 9.77. The molecule has 2 aliphatic rings. The lowest BCUT2D eigenvalue weighted by Gasteiger charge is -2.50. The quantitative estimate of drug-likeness (QED) is 0.418. The molecular formula is C27H30F7N3O2. The van der Waals surface area contributed by atoms with E-state index in [9.17, 15) is 35.5 Å². The fourth-order valence-electron chi connectivity index (χ4n) is 5.42. The van der Waals surface area contributed by atoms with Crippen LogP contribution in [0.25, 0.3) is 0 Å². The summed E-state index contributed by atoms with van der Waals surface area (Å²) in [6.07, 6.45) is -8.24. The third-order valence-corrected chi connectivity index (χ3v) is 7.88. The molecule has 2 amide bonds. The van der Waals surface area contributed by atoms with Crippen LogP contribution in [-0.2, 0) is 17.1 Å². The highest BCUT2D eigenvalue weighted by Gasteiger charge is 2.44. The Balaban J connectivity index is 1.67. The van der Waals surface area contributed by atoms with Crippen molar-refractivity contribution in [1.82, 2.24) is 15.1 Å². The predicted octanol–water partition coefficient (Wildman–Crippen LogP) is 6.83. The van der Waals surface area contributed by atoms with Crippen molar-refractivity contribution in [3.05, 3.63) is 70.0 Å². The first-order chi connectivity index (χ1) is 18.1. The first-order valence-corrected chi connectivity index (χ1v) is 12.5. The number of alkyl halides is 6. The summed E-state index contributed by atoms with van der Waals surface area (Å²) in [7, 11) is 1.35. The van der Waals surface area contributed by atoms with Crippen LogP contribution in [0.3, 0.4) is 0 Å². The van der Waals surface area contributed by atoms with Crippen LogP contribution >= 0.6 is 0 Å². The number of carbonyl (C=O) groups is 1. The monoisotopic (exact) mass is 561 g/mol.